The van der Waals surface area contributed by atoms with E-state index in [2.05, 4.69) is 20.9 Å². The van der Waals surface area contributed by atoms with Crippen molar-refractivity contribution in [3.63, 3.8) is 0 Å². The van der Waals surface area contributed by atoms with E-state index in [1.807, 2.05) is 0 Å². The maximum Gasteiger partial charge on any atom is 0.425 e. The molecule has 19 heavy (non-hydrogen) atoms. The number of anilines is 1. The van der Waals surface area contributed by atoms with E-state index in [1.165, 1.54) is 24.3 Å². The summed E-state index contributed by atoms with van der Waals surface area (Å²) in [5.74, 6) is 0.0174. The highest BCUT2D eigenvalue weighted by molar-refractivity contribution is 9.10. The van der Waals surface area contributed by atoms with Crippen molar-refractivity contribution >= 4 is 27.9 Å². The van der Waals surface area contributed by atoms with E-state index in [1.54, 1.807) is 20.8 Å². The molecule has 0 atom stereocenters. The van der Waals surface area contributed by atoms with Crippen LogP contribution in [0.25, 0.3) is 0 Å². The molecular weight excluding hydrogens is 324 g/mol. The van der Waals surface area contributed by atoms with E-state index in [0.717, 1.165) is 3.93 Å². The van der Waals surface area contributed by atoms with Gasteiger partial charge in [0.2, 0.25) is 0 Å². The van der Waals surface area contributed by atoms with E-state index in [-0.39, 0.29) is 5.75 Å². The average molecular weight is 338 g/mol. The first-order chi connectivity index (χ1) is 8.69. The minimum Gasteiger partial charge on any atom is -0.443 e. The number of benzene rings is 1. The Bertz CT molecular complexity index is 432. The number of amides is 1. The lowest BCUT2D eigenvalue weighted by atomic mass is 10.2. The molecule has 1 aromatic carbocycles. The summed E-state index contributed by atoms with van der Waals surface area (Å²) in [6, 6.07) is 5.58. The van der Waals surface area contributed by atoms with Gasteiger partial charge in [-0.05, 0) is 45.0 Å². The van der Waals surface area contributed by atoms with Crippen molar-refractivity contribution in [2.45, 2.75) is 33.0 Å². The summed E-state index contributed by atoms with van der Waals surface area (Å²) in [6.07, 6.45) is -0.602. The Morgan fingerprint density at radius 3 is 2.21 bits per heavy atom. The van der Waals surface area contributed by atoms with E-state index >= 15 is 0 Å². The third kappa shape index (κ3) is 5.42. The van der Waals surface area contributed by atoms with Crippen LogP contribution in [0.2, 0.25) is 0 Å². The van der Waals surface area contributed by atoms with Gasteiger partial charge in [-0.3, -0.25) is 0 Å². The number of nitrogens with zero attached hydrogens (tertiary/aromatic N) is 1. The normalized spacial score (nSPS) is 11.3. The van der Waals surface area contributed by atoms with Gasteiger partial charge in [-0.1, -0.05) is 0 Å². The molecule has 0 N–H and O–H groups in total. The summed E-state index contributed by atoms with van der Waals surface area (Å²) < 4.78 is 34.4. The second kappa shape index (κ2) is 6.18. The second-order valence-corrected chi connectivity index (χ2v) is 5.34. The maximum atomic E-state index is 12.0. The highest BCUT2D eigenvalue weighted by Crippen LogP contribution is 2.24. The molecule has 0 fully saturated rings. The molecule has 1 amide bonds. The minimum atomic E-state index is -2.88. The van der Waals surface area contributed by atoms with Gasteiger partial charge in [0.05, 0.1) is 21.8 Å². The molecule has 0 saturated heterocycles. The van der Waals surface area contributed by atoms with Crippen molar-refractivity contribution in [2.24, 2.45) is 0 Å². The van der Waals surface area contributed by atoms with Gasteiger partial charge in [0.1, 0.15) is 11.4 Å². The fourth-order valence-electron chi connectivity index (χ4n) is 1.17. The molecule has 0 radical (unpaired) electrons. The van der Waals surface area contributed by atoms with Gasteiger partial charge in [-0.15, -0.1) is 0 Å². The molecule has 0 bridgehead atoms. The van der Waals surface area contributed by atoms with Gasteiger partial charge in [-0.25, -0.2) is 8.72 Å². The summed E-state index contributed by atoms with van der Waals surface area (Å²) in [6.45, 7) is 2.35. The number of carbonyl (C=O) groups is 1. The quantitative estimate of drug-likeness (QED) is 0.770. The van der Waals surface area contributed by atoms with Gasteiger partial charge in [0.25, 0.3) is 0 Å². The van der Waals surface area contributed by atoms with Crippen molar-refractivity contribution in [1.82, 2.24) is 0 Å². The van der Waals surface area contributed by atoms with E-state index in [9.17, 15) is 13.6 Å². The summed E-state index contributed by atoms with van der Waals surface area (Å²) in [4.78, 5) is 11.7. The molecular formula is C12H14BrF2NO3. The molecule has 0 unspecified atom stereocenters. The first-order valence-electron chi connectivity index (χ1n) is 5.43. The standard InChI is InChI=1S/C12H14BrF2NO3/c1-12(2,3)19-11(17)16(13)8-4-6-9(7-5-8)18-10(14)15/h4-7,10H,1-3H3. The minimum absolute atomic E-state index is 0.0174. The molecule has 0 spiro atoms. The SMILES string of the molecule is CC(C)(C)OC(=O)N(Br)c1ccc(OC(F)F)cc1. The summed E-state index contributed by atoms with van der Waals surface area (Å²) >= 11 is 3.05. The van der Waals surface area contributed by atoms with Gasteiger partial charge < -0.3 is 9.47 Å². The zero-order valence-corrected chi connectivity index (χ0v) is 12.3. The number of carbonyl (C=O) groups excluding carboxylic acids is 1. The molecule has 0 saturated carbocycles. The van der Waals surface area contributed by atoms with Gasteiger partial charge in [-0.2, -0.15) is 8.78 Å². The Hall–Kier alpha value is -1.37. The average Bonchev–Trinajstić information content (AvgIpc) is 2.26. The number of ether oxygens (including phenoxy) is 2. The lowest BCUT2D eigenvalue weighted by Gasteiger charge is -2.23. The number of hydrogen-bond acceptors (Lipinski definition) is 3. The highest BCUT2D eigenvalue weighted by Gasteiger charge is 2.21. The Labute approximate surface area is 118 Å². The zero-order valence-electron chi connectivity index (χ0n) is 10.7. The number of alkyl halides is 2. The molecule has 1 aromatic rings. The van der Waals surface area contributed by atoms with E-state index in [0.29, 0.717) is 5.69 Å². The van der Waals surface area contributed by atoms with Crippen LogP contribution in [0.15, 0.2) is 24.3 Å². The molecule has 0 heterocycles. The fourth-order valence-corrected chi connectivity index (χ4v) is 1.47. The first kappa shape index (κ1) is 15.7. The molecule has 1 rings (SSSR count). The van der Waals surface area contributed by atoms with Crippen LogP contribution in [0.5, 0.6) is 5.75 Å². The third-order valence-corrected chi connectivity index (χ3v) is 2.54. The van der Waals surface area contributed by atoms with Gasteiger partial charge in [0, 0.05) is 0 Å². The summed E-state index contributed by atoms with van der Waals surface area (Å²) in [7, 11) is 0. The monoisotopic (exact) mass is 337 g/mol. The van der Waals surface area contributed by atoms with Crippen LogP contribution in [0.3, 0.4) is 0 Å². The Morgan fingerprint density at radius 2 is 1.79 bits per heavy atom. The molecule has 7 heteroatoms. The van der Waals surface area contributed by atoms with Crippen LogP contribution in [0, 0.1) is 0 Å². The van der Waals surface area contributed by atoms with Crippen molar-refractivity contribution in [2.75, 3.05) is 3.93 Å². The van der Waals surface area contributed by atoms with Crippen molar-refractivity contribution in [1.29, 1.82) is 0 Å². The smallest absolute Gasteiger partial charge is 0.425 e. The number of rotatable bonds is 3. The topological polar surface area (TPSA) is 38.8 Å². The highest BCUT2D eigenvalue weighted by atomic mass is 79.9. The van der Waals surface area contributed by atoms with Crippen LogP contribution in [-0.4, -0.2) is 18.3 Å². The molecule has 0 aliphatic heterocycles. The van der Waals surface area contributed by atoms with Crippen LogP contribution in [-0.2, 0) is 4.74 Å². The van der Waals surface area contributed by atoms with Crippen LogP contribution in [0.1, 0.15) is 20.8 Å². The van der Waals surface area contributed by atoms with Gasteiger partial charge in [0.15, 0.2) is 0 Å². The largest absolute Gasteiger partial charge is 0.443 e. The Kier molecular flexibility index (Phi) is 5.11. The van der Waals surface area contributed by atoms with E-state index < -0.39 is 18.3 Å². The van der Waals surface area contributed by atoms with Gasteiger partial charge >= 0.3 is 12.7 Å². The number of hydrogen-bond donors (Lipinski definition) is 0. The van der Waals surface area contributed by atoms with Crippen LogP contribution < -0.4 is 8.66 Å². The lowest BCUT2D eigenvalue weighted by Crippen LogP contribution is -2.30. The van der Waals surface area contributed by atoms with Crippen molar-refractivity contribution < 1.29 is 23.0 Å². The van der Waals surface area contributed by atoms with E-state index in [4.69, 9.17) is 4.74 Å². The second-order valence-electron chi connectivity index (χ2n) is 4.63. The van der Waals surface area contributed by atoms with Crippen LogP contribution >= 0.6 is 16.1 Å². The van der Waals surface area contributed by atoms with Crippen LogP contribution in [0.4, 0.5) is 19.3 Å². The van der Waals surface area contributed by atoms with Crippen molar-refractivity contribution in [3.8, 4) is 5.75 Å². The first-order valence-corrected chi connectivity index (χ1v) is 6.14. The van der Waals surface area contributed by atoms with Crippen molar-refractivity contribution in [3.05, 3.63) is 24.3 Å². The molecule has 4 nitrogen and oxygen atoms in total. The zero-order chi connectivity index (χ0) is 14.6. The Morgan fingerprint density at radius 1 is 1.26 bits per heavy atom. The Balaban J connectivity index is 2.72. The predicted octanol–water partition coefficient (Wildman–Crippen LogP) is 4.34. The molecule has 0 aromatic heterocycles. The molecule has 106 valence electrons. The summed E-state index contributed by atoms with van der Waals surface area (Å²) in [5, 5.41) is 0. The molecule has 0 aliphatic rings. The predicted molar refractivity (Wildman–Crippen MR) is 70.7 cm³/mol. The fraction of sp³-hybridized carbons (Fsp3) is 0.417. The maximum absolute atomic E-state index is 12.0. The lowest BCUT2D eigenvalue weighted by molar-refractivity contribution is -0.0498. The summed E-state index contributed by atoms with van der Waals surface area (Å²) in [5.41, 5.74) is -0.183. The third-order valence-electron chi connectivity index (χ3n) is 1.84. The number of halogens is 3. The molecule has 0 aliphatic carbocycles.